The van der Waals surface area contributed by atoms with E-state index in [0.29, 0.717) is 0 Å². The molecule has 1 heterocycles. The van der Waals surface area contributed by atoms with Gasteiger partial charge in [-0.25, -0.2) is 0 Å². The topological polar surface area (TPSA) is 37.4 Å². The molecule has 0 atom stereocenters. The van der Waals surface area contributed by atoms with E-state index in [9.17, 15) is 0 Å². The molecule has 0 unspecified atom stereocenters. The molecule has 0 aliphatic heterocycles. The van der Waals surface area contributed by atoms with Gasteiger partial charge in [0.25, 0.3) is 0 Å². The summed E-state index contributed by atoms with van der Waals surface area (Å²) in [5.74, 6) is 0.836. The van der Waals surface area contributed by atoms with Gasteiger partial charge in [0.2, 0.25) is 0 Å². The number of aromatic nitrogens is 1. The zero-order chi connectivity index (χ0) is 15.6. The number of ether oxygens (including phenoxy) is 1. The standard InChI is InChI=1S/C20H16N2O/c1-23-17-9-7-16(8-10-17)21-12-15-13-22-20-18-5-3-2-4-14(18)6-11-19(15)20/h2-13,22H,1H3. The van der Waals surface area contributed by atoms with Crippen molar-refractivity contribution in [3.05, 3.63) is 72.4 Å². The molecule has 0 saturated heterocycles. The molecule has 0 bridgehead atoms. The molecule has 23 heavy (non-hydrogen) atoms. The number of fused-ring (bicyclic) bond motifs is 3. The minimum Gasteiger partial charge on any atom is -0.497 e. The SMILES string of the molecule is COc1ccc(N=Cc2c[nH]c3c2ccc2ccccc23)cc1. The van der Waals surface area contributed by atoms with E-state index in [0.717, 1.165) is 22.5 Å². The minimum atomic E-state index is 0.836. The van der Waals surface area contributed by atoms with Crippen LogP contribution in [0.25, 0.3) is 21.7 Å². The second kappa shape index (κ2) is 5.61. The molecule has 0 aliphatic rings. The maximum atomic E-state index is 5.16. The summed E-state index contributed by atoms with van der Waals surface area (Å²) in [5, 5.41) is 3.65. The summed E-state index contributed by atoms with van der Waals surface area (Å²) in [6.45, 7) is 0. The number of hydrogen-bond donors (Lipinski definition) is 1. The molecule has 0 spiro atoms. The lowest BCUT2D eigenvalue weighted by atomic mass is 10.1. The third kappa shape index (κ3) is 2.46. The summed E-state index contributed by atoms with van der Waals surface area (Å²) in [5.41, 5.74) is 3.14. The molecule has 4 aromatic rings. The maximum absolute atomic E-state index is 5.16. The van der Waals surface area contributed by atoms with Gasteiger partial charge in [-0.15, -0.1) is 0 Å². The monoisotopic (exact) mass is 300 g/mol. The fourth-order valence-electron chi connectivity index (χ4n) is 2.81. The Balaban J connectivity index is 1.74. The molecule has 1 aromatic heterocycles. The lowest BCUT2D eigenvalue weighted by Gasteiger charge is -2.00. The van der Waals surface area contributed by atoms with Crippen molar-refractivity contribution < 1.29 is 4.74 Å². The van der Waals surface area contributed by atoms with Gasteiger partial charge in [-0.3, -0.25) is 4.99 Å². The highest BCUT2D eigenvalue weighted by molar-refractivity contribution is 6.11. The number of nitrogens with one attached hydrogen (secondary N) is 1. The van der Waals surface area contributed by atoms with E-state index < -0.39 is 0 Å². The first-order chi connectivity index (χ1) is 11.3. The maximum Gasteiger partial charge on any atom is 0.119 e. The molecule has 0 amide bonds. The molecule has 0 aliphatic carbocycles. The fraction of sp³-hybridized carbons (Fsp3) is 0.0500. The van der Waals surface area contributed by atoms with Crippen molar-refractivity contribution in [3.63, 3.8) is 0 Å². The second-order valence-corrected chi connectivity index (χ2v) is 5.41. The van der Waals surface area contributed by atoms with E-state index in [1.807, 2.05) is 36.7 Å². The number of aromatic amines is 1. The highest BCUT2D eigenvalue weighted by Gasteiger charge is 2.05. The van der Waals surface area contributed by atoms with Crippen molar-refractivity contribution in [2.45, 2.75) is 0 Å². The molecule has 3 nitrogen and oxygen atoms in total. The van der Waals surface area contributed by atoms with Gasteiger partial charge in [-0.2, -0.15) is 0 Å². The molecule has 0 radical (unpaired) electrons. The Morgan fingerprint density at radius 3 is 2.57 bits per heavy atom. The van der Waals surface area contributed by atoms with Gasteiger partial charge < -0.3 is 9.72 Å². The highest BCUT2D eigenvalue weighted by atomic mass is 16.5. The molecular formula is C20H16N2O. The summed E-state index contributed by atoms with van der Waals surface area (Å²) in [4.78, 5) is 7.93. The third-order valence-corrected chi connectivity index (χ3v) is 4.04. The van der Waals surface area contributed by atoms with Gasteiger partial charge in [0.1, 0.15) is 5.75 Å². The zero-order valence-corrected chi connectivity index (χ0v) is 12.8. The third-order valence-electron chi connectivity index (χ3n) is 4.04. The largest absolute Gasteiger partial charge is 0.497 e. The van der Waals surface area contributed by atoms with E-state index in [1.165, 1.54) is 16.2 Å². The molecule has 0 saturated carbocycles. The molecule has 3 heteroatoms. The number of methoxy groups -OCH3 is 1. The number of nitrogens with zero attached hydrogens (tertiary/aromatic N) is 1. The molecule has 3 aromatic carbocycles. The van der Waals surface area contributed by atoms with Crippen LogP contribution in [0.1, 0.15) is 5.56 Å². The summed E-state index contributed by atoms with van der Waals surface area (Å²) in [6, 6.07) is 20.4. The van der Waals surface area contributed by atoms with Gasteiger partial charge in [-0.1, -0.05) is 36.4 Å². The van der Waals surface area contributed by atoms with Gasteiger partial charge in [0.15, 0.2) is 0 Å². The van der Waals surface area contributed by atoms with E-state index >= 15 is 0 Å². The normalized spacial score (nSPS) is 11.5. The Bertz CT molecular complexity index is 997. The Morgan fingerprint density at radius 1 is 0.913 bits per heavy atom. The number of aliphatic imine (C=N–C) groups is 1. The predicted octanol–water partition coefficient (Wildman–Crippen LogP) is 5.08. The van der Waals surface area contributed by atoms with Crippen molar-refractivity contribution in [1.82, 2.24) is 4.98 Å². The van der Waals surface area contributed by atoms with Crippen LogP contribution in [0, 0.1) is 0 Å². The fourth-order valence-corrected chi connectivity index (χ4v) is 2.81. The average Bonchev–Trinajstić information content (AvgIpc) is 3.04. The van der Waals surface area contributed by atoms with Gasteiger partial charge in [-0.05, 0) is 29.7 Å². The molecular weight excluding hydrogens is 284 g/mol. The summed E-state index contributed by atoms with van der Waals surface area (Å²) in [6.07, 6.45) is 3.90. The van der Waals surface area contributed by atoms with Gasteiger partial charge in [0.05, 0.1) is 18.3 Å². The summed E-state index contributed by atoms with van der Waals surface area (Å²) >= 11 is 0. The molecule has 1 N–H and O–H groups in total. The Hall–Kier alpha value is -3.07. The quantitative estimate of drug-likeness (QED) is 0.526. The summed E-state index contributed by atoms with van der Waals surface area (Å²) in [7, 11) is 1.66. The Morgan fingerprint density at radius 2 is 1.74 bits per heavy atom. The Kier molecular flexibility index (Phi) is 3.31. The Labute approximate surface area is 134 Å². The number of H-pyrrole nitrogens is 1. The van der Waals surface area contributed by atoms with E-state index in [1.54, 1.807) is 7.11 Å². The van der Waals surface area contributed by atoms with E-state index in [4.69, 9.17) is 4.74 Å². The van der Waals surface area contributed by atoms with Crippen LogP contribution in [-0.2, 0) is 0 Å². The van der Waals surface area contributed by atoms with Crippen LogP contribution in [0.15, 0.2) is 71.9 Å². The van der Waals surface area contributed by atoms with Gasteiger partial charge >= 0.3 is 0 Å². The zero-order valence-electron chi connectivity index (χ0n) is 12.8. The van der Waals surface area contributed by atoms with Crippen LogP contribution in [-0.4, -0.2) is 18.3 Å². The minimum absolute atomic E-state index is 0.836. The van der Waals surface area contributed by atoms with E-state index in [2.05, 4.69) is 46.4 Å². The van der Waals surface area contributed by atoms with Crippen LogP contribution >= 0.6 is 0 Å². The van der Waals surface area contributed by atoms with Crippen LogP contribution in [0.4, 0.5) is 5.69 Å². The van der Waals surface area contributed by atoms with Crippen LogP contribution in [0.3, 0.4) is 0 Å². The van der Waals surface area contributed by atoms with Gasteiger partial charge in [0, 0.05) is 28.7 Å². The van der Waals surface area contributed by atoms with Crippen LogP contribution < -0.4 is 4.74 Å². The predicted molar refractivity (Wildman–Crippen MR) is 96.1 cm³/mol. The molecule has 0 fully saturated rings. The molecule has 112 valence electrons. The van der Waals surface area contributed by atoms with Crippen LogP contribution in [0.5, 0.6) is 5.75 Å². The first kappa shape index (κ1) is 13.6. The van der Waals surface area contributed by atoms with Crippen molar-refractivity contribution in [2.75, 3.05) is 7.11 Å². The first-order valence-corrected chi connectivity index (χ1v) is 7.52. The average molecular weight is 300 g/mol. The lowest BCUT2D eigenvalue weighted by molar-refractivity contribution is 0.415. The van der Waals surface area contributed by atoms with Crippen molar-refractivity contribution in [3.8, 4) is 5.75 Å². The first-order valence-electron chi connectivity index (χ1n) is 7.52. The smallest absolute Gasteiger partial charge is 0.119 e. The van der Waals surface area contributed by atoms with Crippen molar-refractivity contribution in [1.29, 1.82) is 0 Å². The lowest BCUT2D eigenvalue weighted by Crippen LogP contribution is -1.81. The second-order valence-electron chi connectivity index (χ2n) is 5.41. The molecule has 4 rings (SSSR count). The van der Waals surface area contributed by atoms with Crippen LogP contribution in [0.2, 0.25) is 0 Å². The number of rotatable bonds is 3. The number of hydrogen-bond acceptors (Lipinski definition) is 2. The van der Waals surface area contributed by atoms with Crippen molar-refractivity contribution in [2.24, 2.45) is 4.99 Å². The van der Waals surface area contributed by atoms with E-state index in [-0.39, 0.29) is 0 Å². The highest BCUT2D eigenvalue weighted by Crippen LogP contribution is 2.26. The summed E-state index contributed by atoms with van der Waals surface area (Å²) < 4.78 is 5.16. The van der Waals surface area contributed by atoms with Crippen molar-refractivity contribution >= 4 is 33.6 Å². The number of benzene rings is 3.